The average molecular weight is 279 g/mol. The molecule has 114 valence electrons. The maximum absolute atomic E-state index is 5.73. The first-order chi connectivity index (χ1) is 9.76. The van der Waals surface area contributed by atoms with Crippen LogP contribution in [0.4, 0.5) is 0 Å². The van der Waals surface area contributed by atoms with Gasteiger partial charge in [-0.25, -0.2) is 0 Å². The van der Waals surface area contributed by atoms with E-state index in [0.717, 1.165) is 31.9 Å². The second-order valence-corrected chi connectivity index (χ2v) is 5.29. The van der Waals surface area contributed by atoms with Gasteiger partial charge in [0.05, 0.1) is 13.2 Å². The predicted molar refractivity (Wildman–Crippen MR) is 84.3 cm³/mol. The molecule has 1 atom stereocenters. The zero-order valence-corrected chi connectivity index (χ0v) is 13.2. The molecule has 0 amide bonds. The minimum atomic E-state index is 0.370. The first kappa shape index (κ1) is 17.0. The summed E-state index contributed by atoms with van der Waals surface area (Å²) in [5.74, 6) is 0.968. The van der Waals surface area contributed by atoms with E-state index >= 15 is 0 Å². The van der Waals surface area contributed by atoms with Crippen molar-refractivity contribution in [3.63, 3.8) is 0 Å². The van der Waals surface area contributed by atoms with Crippen LogP contribution >= 0.6 is 0 Å². The maximum Gasteiger partial charge on any atom is 0.119 e. The number of nitrogens with one attached hydrogen (secondary N) is 1. The molecule has 20 heavy (non-hydrogen) atoms. The van der Waals surface area contributed by atoms with E-state index in [9.17, 15) is 0 Å². The van der Waals surface area contributed by atoms with Crippen LogP contribution in [0.15, 0.2) is 24.3 Å². The van der Waals surface area contributed by atoms with Crippen LogP contribution in [0.1, 0.15) is 45.1 Å². The summed E-state index contributed by atoms with van der Waals surface area (Å²) in [5.41, 5.74) is 1.27. The van der Waals surface area contributed by atoms with Crippen molar-refractivity contribution in [1.82, 2.24) is 5.32 Å². The molecule has 0 unspecified atom stereocenters. The van der Waals surface area contributed by atoms with Crippen LogP contribution in [0.5, 0.6) is 5.75 Å². The lowest BCUT2D eigenvalue weighted by Crippen LogP contribution is -2.29. The number of ether oxygens (including phenoxy) is 2. The highest BCUT2D eigenvalue weighted by atomic mass is 16.5. The van der Waals surface area contributed by atoms with Gasteiger partial charge >= 0.3 is 0 Å². The second-order valence-electron chi connectivity index (χ2n) is 5.29. The highest BCUT2D eigenvalue weighted by Crippen LogP contribution is 2.13. The molecule has 0 aromatic heterocycles. The van der Waals surface area contributed by atoms with E-state index < -0.39 is 0 Å². The Morgan fingerprint density at radius 2 is 1.85 bits per heavy atom. The van der Waals surface area contributed by atoms with Crippen LogP contribution in [0.2, 0.25) is 0 Å². The quantitative estimate of drug-likeness (QED) is 0.625. The monoisotopic (exact) mass is 279 g/mol. The van der Waals surface area contributed by atoms with Gasteiger partial charge in [0.25, 0.3) is 0 Å². The number of hydrogen-bond donors (Lipinski definition) is 1. The number of hydrogen-bond acceptors (Lipinski definition) is 3. The van der Waals surface area contributed by atoms with E-state index in [-0.39, 0.29) is 0 Å². The highest BCUT2D eigenvalue weighted by Gasteiger charge is 2.01. The molecule has 0 saturated carbocycles. The van der Waals surface area contributed by atoms with Gasteiger partial charge < -0.3 is 14.8 Å². The molecule has 3 heteroatoms. The van der Waals surface area contributed by atoms with Crippen molar-refractivity contribution in [3.05, 3.63) is 29.8 Å². The molecule has 0 fully saturated rings. The lowest BCUT2D eigenvalue weighted by molar-refractivity contribution is 0.171. The van der Waals surface area contributed by atoms with Crippen molar-refractivity contribution < 1.29 is 9.47 Å². The first-order valence-corrected chi connectivity index (χ1v) is 7.70. The van der Waals surface area contributed by atoms with E-state index in [1.54, 1.807) is 7.11 Å². The van der Waals surface area contributed by atoms with Gasteiger partial charge in [-0.15, -0.1) is 0 Å². The van der Waals surface area contributed by atoms with Crippen LogP contribution in [0, 0.1) is 0 Å². The van der Waals surface area contributed by atoms with Crippen LogP contribution < -0.4 is 10.1 Å². The Labute approximate surface area is 123 Å². The molecule has 0 heterocycles. The molecule has 0 aliphatic carbocycles. The van der Waals surface area contributed by atoms with Crippen LogP contribution in [-0.2, 0) is 11.3 Å². The molecule has 0 aliphatic heterocycles. The Hall–Kier alpha value is -1.06. The fourth-order valence-electron chi connectivity index (χ4n) is 2.02. The number of benzene rings is 1. The molecule has 0 spiro atoms. The molecule has 1 aromatic carbocycles. The fourth-order valence-corrected chi connectivity index (χ4v) is 2.02. The van der Waals surface area contributed by atoms with Gasteiger partial charge in [-0.3, -0.25) is 0 Å². The number of methoxy groups -OCH3 is 1. The van der Waals surface area contributed by atoms with Crippen molar-refractivity contribution in [1.29, 1.82) is 0 Å². The third kappa shape index (κ3) is 7.51. The van der Waals surface area contributed by atoms with Gasteiger partial charge in [0, 0.05) is 19.7 Å². The zero-order chi connectivity index (χ0) is 14.6. The Kier molecular flexibility index (Phi) is 9.09. The number of rotatable bonds is 11. The van der Waals surface area contributed by atoms with Crippen molar-refractivity contribution in [2.45, 2.75) is 52.1 Å². The molecular formula is C17H29NO2. The maximum atomic E-state index is 5.73. The lowest BCUT2D eigenvalue weighted by Gasteiger charge is -2.13. The minimum absolute atomic E-state index is 0.370. The summed E-state index contributed by atoms with van der Waals surface area (Å²) >= 11 is 0. The van der Waals surface area contributed by atoms with Gasteiger partial charge in [0.2, 0.25) is 0 Å². The van der Waals surface area contributed by atoms with Crippen molar-refractivity contribution in [2.24, 2.45) is 0 Å². The largest absolute Gasteiger partial charge is 0.494 e. The van der Waals surface area contributed by atoms with Crippen LogP contribution in [0.3, 0.4) is 0 Å². The second kappa shape index (κ2) is 10.7. The first-order valence-electron chi connectivity index (χ1n) is 7.70. The predicted octanol–water partition coefficient (Wildman–Crippen LogP) is 3.77. The Morgan fingerprint density at radius 3 is 2.50 bits per heavy atom. The Morgan fingerprint density at radius 1 is 1.10 bits per heavy atom. The van der Waals surface area contributed by atoms with E-state index in [2.05, 4.69) is 43.4 Å². The Bertz CT molecular complexity index is 337. The summed E-state index contributed by atoms with van der Waals surface area (Å²) in [5, 5.41) is 3.42. The summed E-state index contributed by atoms with van der Waals surface area (Å²) in [6, 6.07) is 8.71. The van der Waals surface area contributed by atoms with Crippen LogP contribution in [-0.4, -0.2) is 26.4 Å². The molecule has 0 bridgehead atoms. The molecule has 0 radical (unpaired) electrons. The highest BCUT2D eigenvalue weighted by molar-refractivity contribution is 5.27. The van der Waals surface area contributed by atoms with Gasteiger partial charge in [-0.2, -0.15) is 0 Å². The summed E-state index contributed by atoms with van der Waals surface area (Å²) in [6.07, 6.45) is 4.97. The SMILES string of the molecule is CCCCCCOc1ccc(CN[C@@H](C)COC)cc1. The van der Waals surface area contributed by atoms with Gasteiger partial charge in [0.15, 0.2) is 0 Å². The number of unbranched alkanes of at least 4 members (excludes halogenated alkanes) is 3. The average Bonchev–Trinajstić information content (AvgIpc) is 2.46. The molecule has 0 saturated heterocycles. The van der Waals surface area contributed by atoms with Gasteiger partial charge in [0.1, 0.15) is 5.75 Å². The Balaban J connectivity index is 2.22. The minimum Gasteiger partial charge on any atom is -0.494 e. The summed E-state index contributed by atoms with van der Waals surface area (Å²) in [6.45, 7) is 6.77. The summed E-state index contributed by atoms with van der Waals surface area (Å²) in [7, 11) is 1.73. The third-order valence-electron chi connectivity index (χ3n) is 3.26. The molecule has 1 rings (SSSR count). The topological polar surface area (TPSA) is 30.5 Å². The van der Waals surface area contributed by atoms with Crippen molar-refractivity contribution >= 4 is 0 Å². The normalized spacial score (nSPS) is 12.3. The smallest absolute Gasteiger partial charge is 0.119 e. The van der Waals surface area contributed by atoms with E-state index in [0.29, 0.717) is 6.04 Å². The standard InChI is InChI=1S/C17H29NO2/c1-4-5-6-7-12-20-17-10-8-16(9-11-17)13-18-15(2)14-19-3/h8-11,15,18H,4-7,12-14H2,1-3H3/t15-/m0/s1. The molecule has 3 nitrogen and oxygen atoms in total. The fraction of sp³-hybridized carbons (Fsp3) is 0.647. The van der Waals surface area contributed by atoms with Crippen molar-refractivity contribution in [3.8, 4) is 5.75 Å². The van der Waals surface area contributed by atoms with Gasteiger partial charge in [-0.1, -0.05) is 38.3 Å². The molecule has 0 aliphatic rings. The summed E-state index contributed by atoms with van der Waals surface area (Å²) < 4.78 is 10.8. The molecule has 1 aromatic rings. The molecule has 1 N–H and O–H groups in total. The van der Waals surface area contributed by atoms with Crippen molar-refractivity contribution in [2.75, 3.05) is 20.3 Å². The lowest BCUT2D eigenvalue weighted by atomic mass is 10.2. The summed E-state index contributed by atoms with van der Waals surface area (Å²) in [4.78, 5) is 0. The van der Waals surface area contributed by atoms with E-state index in [1.165, 1.54) is 24.8 Å². The molecular weight excluding hydrogens is 250 g/mol. The van der Waals surface area contributed by atoms with Crippen LogP contribution in [0.25, 0.3) is 0 Å². The van der Waals surface area contributed by atoms with Gasteiger partial charge in [-0.05, 0) is 31.0 Å². The van der Waals surface area contributed by atoms with E-state index in [4.69, 9.17) is 9.47 Å². The van der Waals surface area contributed by atoms with E-state index in [1.807, 2.05) is 0 Å². The third-order valence-corrected chi connectivity index (χ3v) is 3.26. The zero-order valence-electron chi connectivity index (χ0n) is 13.2.